The summed E-state index contributed by atoms with van der Waals surface area (Å²) in [5.41, 5.74) is 0.423. The molecule has 11 heteroatoms. The molecule has 1 aliphatic heterocycles. The lowest BCUT2D eigenvalue weighted by Crippen LogP contribution is -2.53. The Balaban J connectivity index is 0.00000363. The molecular formula is C21H26F3IN6O. The van der Waals surface area contributed by atoms with E-state index in [1.807, 2.05) is 9.80 Å². The van der Waals surface area contributed by atoms with E-state index < -0.39 is 11.7 Å². The van der Waals surface area contributed by atoms with Crippen LogP contribution in [0.25, 0.3) is 0 Å². The Kier molecular flexibility index (Phi) is 9.54. The predicted octanol–water partition coefficient (Wildman–Crippen LogP) is 2.85. The first-order chi connectivity index (χ1) is 14.9. The highest BCUT2D eigenvalue weighted by Gasteiger charge is 2.31. The maximum absolute atomic E-state index is 13.0. The number of nitrogens with one attached hydrogen (secondary N) is 2. The quantitative estimate of drug-likeness (QED) is 0.254. The number of alkyl halides is 3. The van der Waals surface area contributed by atoms with E-state index in [9.17, 15) is 18.0 Å². The second-order valence-corrected chi connectivity index (χ2v) is 6.99. The second-order valence-electron chi connectivity index (χ2n) is 6.99. The number of rotatable bonds is 5. The van der Waals surface area contributed by atoms with E-state index in [0.717, 1.165) is 6.07 Å². The smallest absolute Gasteiger partial charge is 0.368 e. The van der Waals surface area contributed by atoms with E-state index in [0.29, 0.717) is 56.5 Å². The summed E-state index contributed by atoms with van der Waals surface area (Å²) in [4.78, 5) is 24.2. The van der Waals surface area contributed by atoms with Gasteiger partial charge in [-0.2, -0.15) is 13.2 Å². The van der Waals surface area contributed by atoms with Gasteiger partial charge in [0.05, 0.1) is 11.1 Å². The number of anilines is 1. The molecule has 7 nitrogen and oxygen atoms in total. The average Bonchev–Trinajstić information content (AvgIpc) is 2.79. The third kappa shape index (κ3) is 6.97. The third-order valence-corrected chi connectivity index (χ3v) is 4.95. The third-order valence-electron chi connectivity index (χ3n) is 4.95. The van der Waals surface area contributed by atoms with Crippen molar-refractivity contribution in [3.63, 3.8) is 0 Å². The topological polar surface area (TPSA) is 72.9 Å². The number of hydrogen-bond acceptors (Lipinski definition) is 4. The van der Waals surface area contributed by atoms with Crippen molar-refractivity contribution in [2.75, 3.05) is 51.2 Å². The molecule has 1 fully saturated rings. The highest BCUT2D eigenvalue weighted by atomic mass is 127. The summed E-state index contributed by atoms with van der Waals surface area (Å²) < 4.78 is 38.9. The molecule has 1 aliphatic rings. The summed E-state index contributed by atoms with van der Waals surface area (Å²) in [7, 11) is 1.68. The van der Waals surface area contributed by atoms with Gasteiger partial charge in [0, 0.05) is 64.4 Å². The van der Waals surface area contributed by atoms with E-state index in [4.69, 9.17) is 0 Å². The fourth-order valence-corrected chi connectivity index (χ4v) is 3.34. The van der Waals surface area contributed by atoms with Crippen molar-refractivity contribution < 1.29 is 18.0 Å². The monoisotopic (exact) mass is 562 g/mol. The summed E-state index contributed by atoms with van der Waals surface area (Å²) in [5, 5.41) is 6.02. The van der Waals surface area contributed by atoms with Crippen LogP contribution in [0, 0.1) is 0 Å². The van der Waals surface area contributed by atoms with Gasteiger partial charge in [-0.25, -0.2) is 0 Å². The minimum atomic E-state index is -4.35. The second kappa shape index (κ2) is 11.9. The van der Waals surface area contributed by atoms with Crippen LogP contribution in [0.5, 0.6) is 0 Å². The Morgan fingerprint density at radius 3 is 2.44 bits per heavy atom. The van der Waals surface area contributed by atoms with Crippen molar-refractivity contribution in [1.29, 1.82) is 0 Å². The van der Waals surface area contributed by atoms with Gasteiger partial charge in [0.2, 0.25) is 0 Å². The summed E-state index contributed by atoms with van der Waals surface area (Å²) in [5.74, 6) is 0.499. The molecule has 0 spiro atoms. The molecule has 32 heavy (non-hydrogen) atoms. The van der Waals surface area contributed by atoms with E-state index >= 15 is 0 Å². The molecule has 0 radical (unpaired) electrons. The van der Waals surface area contributed by atoms with Gasteiger partial charge < -0.3 is 20.4 Å². The van der Waals surface area contributed by atoms with Gasteiger partial charge in [-0.15, -0.1) is 24.0 Å². The first-order valence-electron chi connectivity index (χ1n) is 9.94. The van der Waals surface area contributed by atoms with Crippen molar-refractivity contribution in [1.82, 2.24) is 20.5 Å². The highest BCUT2D eigenvalue weighted by Crippen LogP contribution is 2.31. The van der Waals surface area contributed by atoms with Crippen LogP contribution < -0.4 is 15.5 Å². The summed E-state index contributed by atoms with van der Waals surface area (Å²) in [6.07, 6.45) is -1.24. The first-order valence-corrected chi connectivity index (χ1v) is 9.94. The molecule has 1 aromatic heterocycles. The van der Waals surface area contributed by atoms with Gasteiger partial charge in [-0.1, -0.05) is 6.07 Å². The largest absolute Gasteiger partial charge is 0.416 e. The number of guanidine groups is 1. The molecule has 1 saturated heterocycles. The minimum Gasteiger partial charge on any atom is -0.368 e. The van der Waals surface area contributed by atoms with Gasteiger partial charge in [0.15, 0.2) is 5.96 Å². The molecule has 0 bridgehead atoms. The van der Waals surface area contributed by atoms with E-state index in [2.05, 4.69) is 20.6 Å². The van der Waals surface area contributed by atoms with Gasteiger partial charge in [0.25, 0.3) is 5.91 Å². The molecule has 0 atom stereocenters. The van der Waals surface area contributed by atoms with E-state index in [1.165, 1.54) is 18.3 Å². The molecule has 2 aromatic rings. The number of nitrogens with zero attached hydrogens (tertiary/aromatic N) is 4. The van der Waals surface area contributed by atoms with Crippen molar-refractivity contribution in [3.8, 4) is 0 Å². The van der Waals surface area contributed by atoms with Crippen LogP contribution in [0.1, 0.15) is 15.9 Å². The fourth-order valence-electron chi connectivity index (χ4n) is 3.34. The standard InChI is InChI=1S/C21H25F3N6O.HI/c1-25-20(28-9-8-27-19(31)16-4-3-7-26-15-16)30-12-10-29(11-13-30)18-6-2-5-17(14-18)21(22,23)24;/h2-7,14-15H,8-13H2,1H3,(H,25,28)(H,27,31);1H. The van der Waals surface area contributed by atoms with Crippen LogP contribution in [-0.4, -0.2) is 68.1 Å². The normalized spacial score (nSPS) is 14.6. The van der Waals surface area contributed by atoms with Crippen LogP contribution in [0.3, 0.4) is 0 Å². The lowest BCUT2D eigenvalue weighted by Gasteiger charge is -2.37. The molecule has 1 amide bonds. The molecular weight excluding hydrogens is 536 g/mol. The summed E-state index contributed by atoms with van der Waals surface area (Å²) in [6, 6.07) is 8.80. The predicted molar refractivity (Wildman–Crippen MR) is 129 cm³/mol. The van der Waals surface area contributed by atoms with Gasteiger partial charge in [-0.05, 0) is 30.3 Å². The number of hydrogen-bond donors (Lipinski definition) is 2. The minimum absolute atomic E-state index is 0. The van der Waals surface area contributed by atoms with Crippen LogP contribution >= 0.6 is 24.0 Å². The Morgan fingerprint density at radius 1 is 1.09 bits per heavy atom. The summed E-state index contributed by atoms with van der Waals surface area (Å²) >= 11 is 0. The average molecular weight is 562 g/mol. The zero-order valence-electron chi connectivity index (χ0n) is 17.6. The number of aromatic nitrogens is 1. The van der Waals surface area contributed by atoms with Crippen molar-refractivity contribution >= 4 is 41.5 Å². The molecule has 3 rings (SSSR count). The fraction of sp³-hybridized carbons (Fsp3) is 0.381. The Labute approximate surface area is 202 Å². The highest BCUT2D eigenvalue weighted by molar-refractivity contribution is 14.0. The van der Waals surface area contributed by atoms with Gasteiger partial charge >= 0.3 is 6.18 Å². The zero-order chi connectivity index (χ0) is 22.3. The molecule has 174 valence electrons. The summed E-state index contributed by atoms with van der Waals surface area (Å²) in [6.45, 7) is 3.32. The van der Waals surface area contributed by atoms with E-state index in [1.54, 1.807) is 31.4 Å². The van der Waals surface area contributed by atoms with Crippen LogP contribution in [0.4, 0.5) is 18.9 Å². The molecule has 0 unspecified atom stereocenters. The van der Waals surface area contributed by atoms with E-state index in [-0.39, 0.29) is 29.9 Å². The number of amides is 1. The van der Waals surface area contributed by atoms with Crippen molar-refractivity contribution in [2.45, 2.75) is 6.18 Å². The maximum atomic E-state index is 13.0. The Hall–Kier alpha value is -2.57. The molecule has 0 saturated carbocycles. The number of carbonyl (C=O) groups is 1. The van der Waals surface area contributed by atoms with Gasteiger partial charge in [-0.3, -0.25) is 14.8 Å². The first kappa shape index (κ1) is 25.7. The van der Waals surface area contributed by atoms with Crippen LogP contribution in [0.15, 0.2) is 53.8 Å². The zero-order valence-corrected chi connectivity index (χ0v) is 19.9. The maximum Gasteiger partial charge on any atom is 0.416 e. The lowest BCUT2D eigenvalue weighted by molar-refractivity contribution is -0.137. The Bertz CT molecular complexity index is 902. The van der Waals surface area contributed by atoms with Gasteiger partial charge in [0.1, 0.15) is 0 Å². The molecule has 0 aliphatic carbocycles. The number of aliphatic imine (C=N–C) groups is 1. The number of pyridine rings is 1. The van der Waals surface area contributed by atoms with Crippen molar-refractivity contribution in [3.05, 3.63) is 59.9 Å². The number of halogens is 4. The molecule has 2 N–H and O–H groups in total. The van der Waals surface area contributed by atoms with Crippen molar-refractivity contribution in [2.24, 2.45) is 4.99 Å². The number of carbonyl (C=O) groups excluding carboxylic acids is 1. The van der Waals surface area contributed by atoms with Crippen LogP contribution in [0.2, 0.25) is 0 Å². The van der Waals surface area contributed by atoms with Crippen LogP contribution in [-0.2, 0) is 6.18 Å². The SMILES string of the molecule is CN=C(NCCNC(=O)c1cccnc1)N1CCN(c2cccc(C(F)(F)F)c2)CC1.I. The Morgan fingerprint density at radius 2 is 1.81 bits per heavy atom. The lowest BCUT2D eigenvalue weighted by atomic mass is 10.1. The number of piperazine rings is 1. The molecule has 1 aromatic carbocycles. The molecule has 2 heterocycles. The number of benzene rings is 1.